The summed E-state index contributed by atoms with van der Waals surface area (Å²) in [6.07, 6.45) is -0.408. The molecule has 1 amide bonds. The van der Waals surface area contributed by atoms with Crippen molar-refractivity contribution in [1.82, 2.24) is 9.62 Å². The zero-order valence-electron chi connectivity index (χ0n) is 14.5. The molecule has 1 N–H and O–H groups in total. The summed E-state index contributed by atoms with van der Waals surface area (Å²) in [5.41, 5.74) is 0.398. The number of ether oxygens (including phenoxy) is 2. The summed E-state index contributed by atoms with van der Waals surface area (Å²) < 4.78 is 38.1. The fourth-order valence-corrected chi connectivity index (χ4v) is 3.84. The predicted octanol–water partition coefficient (Wildman–Crippen LogP) is 1.51. The molecule has 0 unspecified atom stereocenters. The van der Waals surface area contributed by atoms with Gasteiger partial charge in [-0.2, -0.15) is 4.31 Å². The van der Waals surface area contributed by atoms with Gasteiger partial charge in [0.25, 0.3) is 5.91 Å². The molecule has 0 aromatic heterocycles. The molecule has 2 aromatic rings. The first-order valence-electron chi connectivity index (χ1n) is 8.09. The summed E-state index contributed by atoms with van der Waals surface area (Å²) in [5.74, 6) is 0.984. The summed E-state index contributed by atoms with van der Waals surface area (Å²) in [6, 6.07) is 13.1. The Balaban J connectivity index is 1.71. The van der Waals surface area contributed by atoms with E-state index in [2.05, 4.69) is 5.32 Å². The van der Waals surface area contributed by atoms with Crippen molar-refractivity contribution in [2.45, 2.75) is 11.0 Å². The third-order valence-electron chi connectivity index (χ3n) is 4.08. The van der Waals surface area contributed by atoms with Crippen LogP contribution in [0.5, 0.6) is 11.5 Å². The number of sulfonamides is 1. The molecule has 3 rings (SSSR count). The SMILES string of the molecule is CNC(=O)c1ccc(S(=O)(=O)N(C)C[C@@H]2COc3ccccc3O2)cc1. The van der Waals surface area contributed by atoms with Crippen LogP contribution in [0.25, 0.3) is 0 Å². The number of amides is 1. The van der Waals surface area contributed by atoms with E-state index in [1.165, 1.54) is 42.7 Å². The van der Waals surface area contributed by atoms with Crippen molar-refractivity contribution in [1.29, 1.82) is 0 Å². The second-order valence-corrected chi connectivity index (χ2v) is 7.93. The average Bonchev–Trinajstić information content (AvgIpc) is 2.67. The molecule has 1 heterocycles. The molecule has 8 heteroatoms. The normalized spacial score (nSPS) is 16.3. The van der Waals surface area contributed by atoms with Gasteiger partial charge >= 0.3 is 0 Å². The highest BCUT2D eigenvalue weighted by Crippen LogP contribution is 2.31. The Morgan fingerprint density at radius 1 is 1.15 bits per heavy atom. The molecule has 0 spiro atoms. The number of para-hydroxylation sites is 2. The minimum absolute atomic E-state index is 0.116. The lowest BCUT2D eigenvalue weighted by Gasteiger charge is -2.29. The maximum absolute atomic E-state index is 12.7. The fourth-order valence-electron chi connectivity index (χ4n) is 2.64. The van der Waals surface area contributed by atoms with Crippen molar-refractivity contribution in [3.05, 3.63) is 54.1 Å². The summed E-state index contributed by atoms with van der Waals surface area (Å²) in [5, 5.41) is 2.50. The number of rotatable bonds is 5. The first-order valence-corrected chi connectivity index (χ1v) is 9.53. The number of nitrogens with zero attached hydrogens (tertiary/aromatic N) is 1. The van der Waals surface area contributed by atoms with Crippen LogP contribution in [0.4, 0.5) is 0 Å². The van der Waals surface area contributed by atoms with Gasteiger partial charge in [0.1, 0.15) is 12.7 Å². The number of benzene rings is 2. The van der Waals surface area contributed by atoms with Crippen molar-refractivity contribution >= 4 is 15.9 Å². The second-order valence-electron chi connectivity index (χ2n) is 5.89. The van der Waals surface area contributed by atoms with Crippen LogP contribution in [0.2, 0.25) is 0 Å². The lowest BCUT2D eigenvalue weighted by atomic mass is 10.2. The number of fused-ring (bicyclic) bond motifs is 1. The summed E-state index contributed by atoms with van der Waals surface area (Å²) in [6.45, 7) is 0.417. The van der Waals surface area contributed by atoms with Crippen molar-refractivity contribution in [2.75, 3.05) is 27.2 Å². The number of hydrogen-bond acceptors (Lipinski definition) is 5. The highest BCUT2D eigenvalue weighted by atomic mass is 32.2. The lowest BCUT2D eigenvalue weighted by Crippen LogP contribution is -2.41. The van der Waals surface area contributed by atoms with Crippen LogP contribution in [0.15, 0.2) is 53.4 Å². The first-order chi connectivity index (χ1) is 12.4. The van der Waals surface area contributed by atoms with E-state index in [0.29, 0.717) is 17.1 Å². The van der Waals surface area contributed by atoms with E-state index in [0.717, 1.165) is 0 Å². The predicted molar refractivity (Wildman–Crippen MR) is 96.0 cm³/mol. The van der Waals surface area contributed by atoms with Crippen LogP contribution in [-0.2, 0) is 10.0 Å². The van der Waals surface area contributed by atoms with Gasteiger partial charge in [-0.05, 0) is 36.4 Å². The van der Waals surface area contributed by atoms with Crippen LogP contribution in [0.3, 0.4) is 0 Å². The molecule has 0 bridgehead atoms. The van der Waals surface area contributed by atoms with E-state index in [-0.39, 0.29) is 24.0 Å². The Morgan fingerprint density at radius 3 is 2.46 bits per heavy atom. The highest BCUT2D eigenvalue weighted by molar-refractivity contribution is 7.89. The van der Waals surface area contributed by atoms with Gasteiger partial charge in [-0.15, -0.1) is 0 Å². The molecule has 2 aromatic carbocycles. The first kappa shape index (κ1) is 18.2. The zero-order valence-corrected chi connectivity index (χ0v) is 15.3. The average molecular weight is 376 g/mol. The van der Waals surface area contributed by atoms with E-state index in [9.17, 15) is 13.2 Å². The van der Waals surface area contributed by atoms with E-state index < -0.39 is 16.1 Å². The van der Waals surface area contributed by atoms with Gasteiger partial charge in [0.15, 0.2) is 11.5 Å². The van der Waals surface area contributed by atoms with Gasteiger partial charge < -0.3 is 14.8 Å². The van der Waals surface area contributed by atoms with Crippen LogP contribution in [0, 0.1) is 0 Å². The maximum Gasteiger partial charge on any atom is 0.251 e. The number of likely N-dealkylation sites (N-methyl/N-ethyl adjacent to an activating group) is 1. The molecular weight excluding hydrogens is 356 g/mol. The quantitative estimate of drug-likeness (QED) is 0.855. The molecule has 1 aliphatic heterocycles. The van der Waals surface area contributed by atoms with Gasteiger partial charge in [0.05, 0.1) is 11.4 Å². The number of carbonyl (C=O) groups is 1. The molecule has 0 radical (unpaired) electrons. The van der Waals surface area contributed by atoms with Crippen molar-refractivity contribution in [3.63, 3.8) is 0 Å². The Labute approximate surface area is 152 Å². The largest absolute Gasteiger partial charge is 0.486 e. The number of nitrogens with one attached hydrogen (secondary N) is 1. The van der Waals surface area contributed by atoms with E-state index in [4.69, 9.17) is 9.47 Å². The van der Waals surface area contributed by atoms with E-state index >= 15 is 0 Å². The second kappa shape index (κ2) is 7.35. The summed E-state index contributed by atoms with van der Waals surface area (Å²) >= 11 is 0. The van der Waals surface area contributed by atoms with Crippen LogP contribution in [-0.4, -0.2) is 52.0 Å². The third-order valence-corrected chi connectivity index (χ3v) is 5.92. The zero-order chi connectivity index (χ0) is 18.7. The fraction of sp³-hybridized carbons (Fsp3) is 0.278. The molecule has 1 atom stereocenters. The maximum atomic E-state index is 12.7. The Kier molecular flexibility index (Phi) is 5.15. The standard InChI is InChI=1S/C18H20N2O5S/c1-19-18(21)13-7-9-15(10-8-13)26(22,23)20(2)11-14-12-24-16-5-3-4-6-17(16)25-14/h3-10,14H,11-12H2,1-2H3,(H,19,21)/t14-/m1/s1. The van der Waals surface area contributed by atoms with Gasteiger partial charge in [0, 0.05) is 19.7 Å². The van der Waals surface area contributed by atoms with Crippen LogP contribution < -0.4 is 14.8 Å². The van der Waals surface area contributed by atoms with Gasteiger partial charge in [-0.1, -0.05) is 12.1 Å². The van der Waals surface area contributed by atoms with E-state index in [1.807, 2.05) is 12.1 Å². The lowest BCUT2D eigenvalue weighted by molar-refractivity contribution is 0.0798. The highest BCUT2D eigenvalue weighted by Gasteiger charge is 2.28. The van der Waals surface area contributed by atoms with Crippen LogP contribution >= 0.6 is 0 Å². The van der Waals surface area contributed by atoms with Gasteiger partial charge in [-0.3, -0.25) is 4.79 Å². The molecule has 7 nitrogen and oxygen atoms in total. The minimum atomic E-state index is -3.70. The molecule has 26 heavy (non-hydrogen) atoms. The molecule has 0 saturated carbocycles. The van der Waals surface area contributed by atoms with Crippen molar-refractivity contribution in [3.8, 4) is 11.5 Å². The molecule has 0 aliphatic carbocycles. The van der Waals surface area contributed by atoms with Crippen LogP contribution in [0.1, 0.15) is 10.4 Å². The Morgan fingerprint density at radius 2 is 1.81 bits per heavy atom. The molecule has 0 saturated heterocycles. The van der Waals surface area contributed by atoms with Gasteiger partial charge in [0.2, 0.25) is 10.0 Å². The van der Waals surface area contributed by atoms with Gasteiger partial charge in [-0.25, -0.2) is 8.42 Å². The smallest absolute Gasteiger partial charge is 0.251 e. The molecular formula is C18H20N2O5S. The summed E-state index contributed by atoms with van der Waals surface area (Å²) in [4.78, 5) is 11.7. The number of hydrogen-bond donors (Lipinski definition) is 1. The monoisotopic (exact) mass is 376 g/mol. The van der Waals surface area contributed by atoms with Crippen molar-refractivity contribution < 1.29 is 22.7 Å². The number of carbonyl (C=O) groups excluding carboxylic acids is 1. The van der Waals surface area contributed by atoms with Crippen molar-refractivity contribution in [2.24, 2.45) is 0 Å². The minimum Gasteiger partial charge on any atom is -0.486 e. The summed E-state index contributed by atoms with van der Waals surface area (Å²) in [7, 11) is -0.688. The Bertz CT molecular complexity index is 896. The third kappa shape index (κ3) is 3.66. The van der Waals surface area contributed by atoms with E-state index in [1.54, 1.807) is 12.1 Å². The Hall–Kier alpha value is -2.58. The molecule has 0 fully saturated rings. The molecule has 1 aliphatic rings. The molecule has 138 valence electrons. The topological polar surface area (TPSA) is 84.9 Å².